The Labute approximate surface area is 183 Å². The Hall–Kier alpha value is -2.61. The van der Waals surface area contributed by atoms with E-state index in [1.165, 1.54) is 11.1 Å². The van der Waals surface area contributed by atoms with Crippen LogP contribution in [0.15, 0.2) is 71.9 Å². The van der Waals surface area contributed by atoms with Crippen LogP contribution in [0.2, 0.25) is 0 Å². The van der Waals surface area contributed by atoms with E-state index < -0.39 is 0 Å². The van der Waals surface area contributed by atoms with Crippen molar-refractivity contribution in [3.8, 4) is 5.88 Å². The molecule has 0 spiro atoms. The number of aromatic nitrogens is 1. The lowest BCUT2D eigenvalue weighted by Gasteiger charge is -2.10. The van der Waals surface area contributed by atoms with Crippen LogP contribution in [0.25, 0.3) is 0 Å². The number of nitrogens with two attached hydrogens (primary N) is 1. The highest BCUT2D eigenvalue weighted by molar-refractivity contribution is 14.0. The number of halogens is 1. The molecule has 0 aliphatic rings. The summed E-state index contributed by atoms with van der Waals surface area (Å²) >= 11 is 0. The van der Waals surface area contributed by atoms with Gasteiger partial charge in [0.25, 0.3) is 0 Å². The van der Waals surface area contributed by atoms with Gasteiger partial charge >= 0.3 is 0 Å². The standard InChI is InChI=1S/C22H24N4O.HI/c1-16-10-11-20(13-17(16)2)26-22(23)25-14-19-9-6-12-24-21(19)27-15-18-7-4-3-5-8-18;/h3-13H,14-15H2,1-2H3,(H3,23,25,26);1H. The van der Waals surface area contributed by atoms with Crippen LogP contribution in [0.3, 0.4) is 0 Å². The van der Waals surface area contributed by atoms with Gasteiger partial charge in [0, 0.05) is 17.4 Å². The van der Waals surface area contributed by atoms with Gasteiger partial charge < -0.3 is 15.8 Å². The van der Waals surface area contributed by atoms with Crippen molar-refractivity contribution < 1.29 is 4.74 Å². The van der Waals surface area contributed by atoms with Crippen LogP contribution in [0.1, 0.15) is 22.3 Å². The SMILES string of the molecule is Cc1ccc(NC(N)=NCc2cccnc2OCc2ccccc2)cc1C.I. The summed E-state index contributed by atoms with van der Waals surface area (Å²) in [7, 11) is 0. The Morgan fingerprint density at radius 1 is 1.04 bits per heavy atom. The molecule has 0 radical (unpaired) electrons. The van der Waals surface area contributed by atoms with Crippen LogP contribution in [-0.2, 0) is 13.2 Å². The summed E-state index contributed by atoms with van der Waals surface area (Å²) in [6, 6.07) is 19.9. The second kappa shape index (κ2) is 10.7. The van der Waals surface area contributed by atoms with E-state index in [1.54, 1.807) is 6.20 Å². The molecule has 2 aromatic carbocycles. The highest BCUT2D eigenvalue weighted by atomic mass is 127. The number of nitrogens with one attached hydrogen (secondary N) is 1. The number of pyridine rings is 1. The maximum absolute atomic E-state index is 6.03. The fourth-order valence-electron chi connectivity index (χ4n) is 2.58. The Morgan fingerprint density at radius 3 is 2.57 bits per heavy atom. The molecular formula is C22H25IN4O. The van der Waals surface area contributed by atoms with Crippen molar-refractivity contribution in [1.82, 2.24) is 4.98 Å². The predicted octanol–water partition coefficient (Wildman–Crippen LogP) is 4.82. The minimum atomic E-state index is 0. The van der Waals surface area contributed by atoms with Gasteiger partial charge in [0.15, 0.2) is 5.96 Å². The maximum Gasteiger partial charge on any atom is 0.218 e. The normalized spacial score (nSPS) is 10.9. The molecule has 3 N–H and O–H groups in total. The molecule has 3 aromatic rings. The van der Waals surface area contributed by atoms with Crippen LogP contribution < -0.4 is 15.8 Å². The zero-order valence-corrected chi connectivity index (χ0v) is 18.4. The summed E-state index contributed by atoms with van der Waals surface area (Å²) < 4.78 is 5.86. The zero-order valence-electron chi connectivity index (χ0n) is 16.1. The molecular weight excluding hydrogens is 463 g/mol. The van der Waals surface area contributed by atoms with Gasteiger partial charge in [-0.25, -0.2) is 9.98 Å². The molecule has 3 rings (SSSR count). The molecule has 28 heavy (non-hydrogen) atoms. The van der Waals surface area contributed by atoms with Crippen LogP contribution in [0, 0.1) is 13.8 Å². The van der Waals surface area contributed by atoms with Crippen molar-refractivity contribution >= 4 is 35.6 Å². The second-order valence-electron chi connectivity index (χ2n) is 6.37. The lowest BCUT2D eigenvalue weighted by atomic mass is 10.1. The number of guanidine groups is 1. The van der Waals surface area contributed by atoms with E-state index in [9.17, 15) is 0 Å². The first-order valence-electron chi connectivity index (χ1n) is 8.86. The third kappa shape index (κ3) is 6.23. The van der Waals surface area contributed by atoms with Gasteiger partial charge in [0.1, 0.15) is 6.61 Å². The van der Waals surface area contributed by atoms with Crippen molar-refractivity contribution in [2.45, 2.75) is 27.0 Å². The molecule has 0 fully saturated rings. The number of hydrogen-bond acceptors (Lipinski definition) is 3. The number of anilines is 1. The Kier molecular flexibility index (Phi) is 8.25. The molecule has 0 unspecified atom stereocenters. The number of aliphatic imine (C=N–C) groups is 1. The summed E-state index contributed by atoms with van der Waals surface area (Å²) in [5.41, 5.74) is 11.4. The van der Waals surface area contributed by atoms with Gasteiger partial charge in [-0.2, -0.15) is 0 Å². The average Bonchev–Trinajstić information content (AvgIpc) is 2.69. The van der Waals surface area contributed by atoms with E-state index in [0.717, 1.165) is 16.8 Å². The Balaban J connectivity index is 0.00000280. The van der Waals surface area contributed by atoms with Gasteiger partial charge in [0.05, 0.1) is 6.54 Å². The van der Waals surface area contributed by atoms with Gasteiger partial charge in [-0.15, -0.1) is 24.0 Å². The van der Waals surface area contributed by atoms with E-state index in [-0.39, 0.29) is 24.0 Å². The monoisotopic (exact) mass is 488 g/mol. The third-order valence-electron chi connectivity index (χ3n) is 4.27. The number of aryl methyl sites for hydroxylation is 2. The molecule has 0 saturated heterocycles. The van der Waals surface area contributed by atoms with Gasteiger partial charge in [0.2, 0.25) is 5.88 Å². The lowest BCUT2D eigenvalue weighted by molar-refractivity contribution is 0.290. The van der Waals surface area contributed by atoms with Gasteiger partial charge in [-0.3, -0.25) is 0 Å². The molecule has 0 amide bonds. The first-order valence-corrected chi connectivity index (χ1v) is 8.86. The molecule has 0 bridgehead atoms. The molecule has 1 heterocycles. The predicted molar refractivity (Wildman–Crippen MR) is 125 cm³/mol. The maximum atomic E-state index is 6.03. The number of rotatable bonds is 6. The van der Waals surface area contributed by atoms with Crippen LogP contribution in [-0.4, -0.2) is 10.9 Å². The van der Waals surface area contributed by atoms with Crippen LogP contribution >= 0.6 is 24.0 Å². The molecule has 6 heteroatoms. The van der Waals surface area contributed by atoms with Crippen LogP contribution in [0.4, 0.5) is 5.69 Å². The third-order valence-corrected chi connectivity index (χ3v) is 4.27. The summed E-state index contributed by atoms with van der Waals surface area (Å²) in [4.78, 5) is 8.75. The summed E-state index contributed by atoms with van der Waals surface area (Å²) in [6.45, 7) is 5.00. The molecule has 0 aliphatic carbocycles. The molecule has 146 valence electrons. The molecule has 0 atom stereocenters. The first kappa shape index (κ1) is 21.7. The summed E-state index contributed by atoms with van der Waals surface area (Å²) in [5, 5.41) is 3.12. The van der Waals surface area contributed by atoms with Crippen molar-refractivity contribution in [2.75, 3.05) is 5.32 Å². The highest BCUT2D eigenvalue weighted by Crippen LogP contribution is 2.18. The van der Waals surface area contributed by atoms with Crippen LogP contribution in [0.5, 0.6) is 5.88 Å². The Morgan fingerprint density at radius 2 is 1.82 bits per heavy atom. The molecule has 0 saturated carbocycles. The van der Waals surface area contributed by atoms with Crippen molar-refractivity contribution in [3.05, 3.63) is 89.1 Å². The molecule has 1 aromatic heterocycles. The van der Waals surface area contributed by atoms with Gasteiger partial charge in [-0.05, 0) is 48.7 Å². The van der Waals surface area contributed by atoms with E-state index in [1.807, 2.05) is 48.5 Å². The fourth-order valence-corrected chi connectivity index (χ4v) is 2.58. The van der Waals surface area contributed by atoms with Crippen molar-refractivity contribution in [3.63, 3.8) is 0 Å². The fraction of sp³-hybridized carbons (Fsp3) is 0.182. The lowest BCUT2D eigenvalue weighted by Crippen LogP contribution is -2.22. The average molecular weight is 488 g/mol. The minimum Gasteiger partial charge on any atom is -0.473 e. The van der Waals surface area contributed by atoms with Crippen molar-refractivity contribution in [2.24, 2.45) is 10.7 Å². The number of ether oxygens (including phenoxy) is 1. The minimum absolute atomic E-state index is 0. The summed E-state index contributed by atoms with van der Waals surface area (Å²) in [5.74, 6) is 0.931. The highest BCUT2D eigenvalue weighted by Gasteiger charge is 2.05. The topological polar surface area (TPSA) is 72.5 Å². The van der Waals surface area contributed by atoms with E-state index in [2.05, 4.69) is 41.3 Å². The first-order chi connectivity index (χ1) is 13.1. The van der Waals surface area contributed by atoms with E-state index in [4.69, 9.17) is 10.5 Å². The summed E-state index contributed by atoms with van der Waals surface area (Å²) in [6.07, 6.45) is 1.71. The van der Waals surface area contributed by atoms with E-state index in [0.29, 0.717) is 25.0 Å². The number of hydrogen-bond donors (Lipinski definition) is 2. The molecule has 5 nitrogen and oxygen atoms in total. The van der Waals surface area contributed by atoms with Crippen molar-refractivity contribution in [1.29, 1.82) is 0 Å². The second-order valence-corrected chi connectivity index (χ2v) is 6.37. The molecule has 0 aliphatic heterocycles. The quantitative estimate of drug-likeness (QED) is 0.297. The zero-order chi connectivity index (χ0) is 19.1. The Bertz CT molecular complexity index is 929. The number of benzene rings is 2. The van der Waals surface area contributed by atoms with E-state index >= 15 is 0 Å². The smallest absolute Gasteiger partial charge is 0.218 e. The largest absolute Gasteiger partial charge is 0.473 e. The number of nitrogens with zero attached hydrogens (tertiary/aromatic N) is 2. The van der Waals surface area contributed by atoms with Gasteiger partial charge in [-0.1, -0.05) is 42.5 Å².